The van der Waals surface area contributed by atoms with Gasteiger partial charge in [-0.3, -0.25) is 4.68 Å². The third kappa shape index (κ3) is 4.71. The van der Waals surface area contributed by atoms with Gasteiger partial charge in [0.15, 0.2) is 0 Å². The first kappa shape index (κ1) is 15.7. The van der Waals surface area contributed by atoms with Gasteiger partial charge in [-0.15, -0.1) is 0 Å². The number of aromatic nitrogens is 2. The van der Waals surface area contributed by atoms with Crippen LogP contribution in [-0.2, 0) is 17.8 Å². The summed E-state index contributed by atoms with van der Waals surface area (Å²) in [5, 5.41) is 7.86. The van der Waals surface area contributed by atoms with Gasteiger partial charge in [0.2, 0.25) is 0 Å². The second-order valence-corrected chi connectivity index (χ2v) is 5.10. The highest BCUT2D eigenvalue weighted by Gasteiger charge is 2.10. The van der Waals surface area contributed by atoms with Crippen molar-refractivity contribution in [3.8, 4) is 0 Å². The fraction of sp³-hybridized carbons (Fsp3) is 0.769. The summed E-state index contributed by atoms with van der Waals surface area (Å²) >= 11 is 3.59. The number of ether oxygens (including phenoxy) is 1. The van der Waals surface area contributed by atoms with Crippen LogP contribution in [0, 0.1) is 6.92 Å². The van der Waals surface area contributed by atoms with E-state index in [-0.39, 0.29) is 0 Å². The van der Waals surface area contributed by atoms with E-state index in [0.29, 0.717) is 0 Å². The number of nitrogens with zero attached hydrogens (tertiary/aromatic N) is 2. The Morgan fingerprint density at radius 3 is 2.78 bits per heavy atom. The number of aryl methyl sites for hydroxylation is 2. The van der Waals surface area contributed by atoms with Crippen molar-refractivity contribution in [2.24, 2.45) is 0 Å². The average Bonchev–Trinajstić information content (AvgIpc) is 2.65. The van der Waals surface area contributed by atoms with Crippen molar-refractivity contribution in [2.45, 2.75) is 46.7 Å². The molecule has 0 saturated heterocycles. The van der Waals surface area contributed by atoms with E-state index in [0.717, 1.165) is 49.4 Å². The molecule has 0 atom stereocenters. The minimum absolute atomic E-state index is 0.775. The maximum absolute atomic E-state index is 5.51. The van der Waals surface area contributed by atoms with E-state index >= 15 is 0 Å². The van der Waals surface area contributed by atoms with Gasteiger partial charge in [-0.25, -0.2) is 0 Å². The molecule has 1 aromatic rings. The lowest BCUT2D eigenvalue weighted by atomic mass is 10.3. The summed E-state index contributed by atoms with van der Waals surface area (Å²) in [5.41, 5.74) is 2.26. The molecule has 1 N–H and O–H groups in total. The van der Waals surface area contributed by atoms with Gasteiger partial charge in [0.25, 0.3) is 0 Å². The van der Waals surface area contributed by atoms with E-state index in [1.54, 1.807) is 0 Å². The molecule has 18 heavy (non-hydrogen) atoms. The van der Waals surface area contributed by atoms with Crippen molar-refractivity contribution in [2.75, 3.05) is 19.8 Å². The largest absolute Gasteiger partial charge is 0.380 e. The van der Waals surface area contributed by atoms with Gasteiger partial charge in [-0.2, -0.15) is 5.10 Å². The third-order valence-corrected chi connectivity index (χ3v) is 3.84. The minimum Gasteiger partial charge on any atom is -0.380 e. The Morgan fingerprint density at radius 2 is 2.11 bits per heavy atom. The molecule has 0 fully saturated rings. The van der Waals surface area contributed by atoms with Crippen LogP contribution in [0.5, 0.6) is 0 Å². The number of nitrogens with one attached hydrogen (secondary N) is 1. The molecular weight excluding hydrogens is 294 g/mol. The van der Waals surface area contributed by atoms with Gasteiger partial charge in [0.05, 0.1) is 22.5 Å². The lowest BCUT2D eigenvalue weighted by Gasteiger charge is -2.08. The van der Waals surface area contributed by atoms with Gasteiger partial charge >= 0.3 is 0 Å². The molecule has 0 aliphatic carbocycles. The number of rotatable bonds is 9. The van der Waals surface area contributed by atoms with Crippen molar-refractivity contribution in [3.63, 3.8) is 0 Å². The minimum atomic E-state index is 0.775. The maximum Gasteiger partial charge on any atom is 0.0739 e. The first-order valence-corrected chi connectivity index (χ1v) is 7.50. The second kappa shape index (κ2) is 8.67. The Balaban J connectivity index is 2.26. The summed E-state index contributed by atoms with van der Waals surface area (Å²) in [7, 11) is 0. The van der Waals surface area contributed by atoms with Gasteiger partial charge in [0, 0.05) is 26.2 Å². The fourth-order valence-electron chi connectivity index (χ4n) is 1.74. The smallest absolute Gasteiger partial charge is 0.0739 e. The second-order valence-electron chi connectivity index (χ2n) is 4.30. The summed E-state index contributed by atoms with van der Waals surface area (Å²) in [6, 6.07) is 0. The zero-order valence-corrected chi connectivity index (χ0v) is 13.2. The van der Waals surface area contributed by atoms with E-state index in [2.05, 4.69) is 40.2 Å². The van der Waals surface area contributed by atoms with E-state index in [1.165, 1.54) is 12.1 Å². The molecule has 0 aliphatic rings. The number of hydrogen-bond acceptors (Lipinski definition) is 3. The molecule has 4 nitrogen and oxygen atoms in total. The molecule has 0 saturated carbocycles. The van der Waals surface area contributed by atoms with Gasteiger partial charge in [0.1, 0.15) is 0 Å². The van der Waals surface area contributed by atoms with Crippen LogP contribution in [-0.4, -0.2) is 29.5 Å². The summed E-state index contributed by atoms with van der Waals surface area (Å²) in [5.74, 6) is 0. The summed E-state index contributed by atoms with van der Waals surface area (Å²) in [6.45, 7) is 10.6. The lowest BCUT2D eigenvalue weighted by molar-refractivity contribution is 0.132. The van der Waals surface area contributed by atoms with Crippen LogP contribution < -0.4 is 5.32 Å². The van der Waals surface area contributed by atoms with Gasteiger partial charge < -0.3 is 10.1 Å². The van der Waals surface area contributed by atoms with Crippen LogP contribution in [0.15, 0.2) is 4.47 Å². The van der Waals surface area contributed by atoms with E-state index in [1.807, 2.05) is 11.6 Å². The Hall–Kier alpha value is -0.390. The Labute approximate surface area is 118 Å². The SMILES string of the molecule is CCCCOCCNCc1c(Br)c(C)nn1CC. The molecule has 0 bridgehead atoms. The standard InChI is InChI=1S/C13H24BrN3O/c1-4-6-8-18-9-7-15-10-12-13(14)11(3)16-17(12)5-2/h15H,4-10H2,1-3H3. The van der Waals surface area contributed by atoms with Crippen LogP contribution in [0.4, 0.5) is 0 Å². The van der Waals surface area contributed by atoms with E-state index in [4.69, 9.17) is 4.74 Å². The van der Waals surface area contributed by atoms with Crippen molar-refractivity contribution >= 4 is 15.9 Å². The normalized spacial score (nSPS) is 11.1. The van der Waals surface area contributed by atoms with Crippen LogP contribution >= 0.6 is 15.9 Å². The highest BCUT2D eigenvalue weighted by Crippen LogP contribution is 2.20. The van der Waals surface area contributed by atoms with E-state index in [9.17, 15) is 0 Å². The van der Waals surface area contributed by atoms with Crippen molar-refractivity contribution in [3.05, 3.63) is 15.9 Å². The third-order valence-electron chi connectivity index (χ3n) is 2.81. The maximum atomic E-state index is 5.51. The molecule has 5 heteroatoms. The molecule has 0 aliphatic heterocycles. The number of hydrogen-bond donors (Lipinski definition) is 1. The Morgan fingerprint density at radius 1 is 1.33 bits per heavy atom. The molecule has 104 valence electrons. The Bertz CT molecular complexity index is 352. The van der Waals surface area contributed by atoms with Crippen LogP contribution in [0.1, 0.15) is 38.1 Å². The zero-order valence-electron chi connectivity index (χ0n) is 11.6. The molecule has 0 unspecified atom stereocenters. The van der Waals surface area contributed by atoms with Crippen LogP contribution in [0.3, 0.4) is 0 Å². The molecule has 1 aromatic heterocycles. The summed E-state index contributed by atoms with van der Waals surface area (Å²) < 4.78 is 8.65. The molecule has 0 spiro atoms. The summed E-state index contributed by atoms with van der Waals surface area (Å²) in [4.78, 5) is 0. The molecular formula is C13H24BrN3O. The van der Waals surface area contributed by atoms with E-state index < -0.39 is 0 Å². The Kier molecular flexibility index (Phi) is 7.54. The van der Waals surface area contributed by atoms with Crippen molar-refractivity contribution in [1.82, 2.24) is 15.1 Å². The molecule has 0 amide bonds. The molecule has 1 heterocycles. The first-order valence-electron chi connectivity index (χ1n) is 6.70. The zero-order chi connectivity index (χ0) is 13.4. The number of unbranched alkanes of at least 4 members (excludes halogenated alkanes) is 1. The highest BCUT2D eigenvalue weighted by atomic mass is 79.9. The van der Waals surface area contributed by atoms with Crippen molar-refractivity contribution < 1.29 is 4.74 Å². The average molecular weight is 318 g/mol. The predicted molar refractivity (Wildman–Crippen MR) is 77.8 cm³/mol. The fourth-order valence-corrected chi connectivity index (χ4v) is 2.16. The van der Waals surface area contributed by atoms with Crippen LogP contribution in [0.25, 0.3) is 0 Å². The predicted octanol–water partition coefficient (Wildman–Crippen LogP) is 2.88. The van der Waals surface area contributed by atoms with Gasteiger partial charge in [-0.05, 0) is 36.2 Å². The first-order chi connectivity index (χ1) is 8.70. The quantitative estimate of drug-likeness (QED) is 0.712. The monoisotopic (exact) mass is 317 g/mol. The molecule has 0 aromatic carbocycles. The van der Waals surface area contributed by atoms with Crippen molar-refractivity contribution in [1.29, 1.82) is 0 Å². The number of halogens is 1. The topological polar surface area (TPSA) is 39.1 Å². The molecule has 1 rings (SSSR count). The van der Waals surface area contributed by atoms with Gasteiger partial charge in [-0.1, -0.05) is 13.3 Å². The highest BCUT2D eigenvalue weighted by molar-refractivity contribution is 9.10. The molecule has 0 radical (unpaired) electrons. The lowest BCUT2D eigenvalue weighted by Crippen LogP contribution is -2.21. The van der Waals surface area contributed by atoms with Crippen LogP contribution in [0.2, 0.25) is 0 Å². The summed E-state index contributed by atoms with van der Waals surface area (Å²) in [6.07, 6.45) is 2.34.